The summed E-state index contributed by atoms with van der Waals surface area (Å²) in [5, 5.41) is 0. The van der Waals surface area contributed by atoms with E-state index in [4.69, 9.17) is 0 Å². The zero-order valence-corrected chi connectivity index (χ0v) is 8.62. The number of ketones is 1. The molecule has 1 heteroatoms. The Balaban J connectivity index is 2.36. The molecule has 14 heavy (non-hydrogen) atoms. The second kappa shape index (κ2) is 3.95. The van der Waals surface area contributed by atoms with Crippen molar-refractivity contribution in [2.75, 3.05) is 0 Å². The van der Waals surface area contributed by atoms with Gasteiger partial charge in [0.25, 0.3) is 0 Å². The molecule has 0 radical (unpaired) electrons. The summed E-state index contributed by atoms with van der Waals surface area (Å²) in [6.07, 6.45) is 4.20. The molecule has 0 bridgehead atoms. The second-order valence-electron chi connectivity index (χ2n) is 4.03. The van der Waals surface area contributed by atoms with Crippen LogP contribution in [0.2, 0.25) is 0 Å². The third kappa shape index (κ3) is 1.59. The van der Waals surface area contributed by atoms with Gasteiger partial charge in [0.15, 0.2) is 5.78 Å². The summed E-state index contributed by atoms with van der Waals surface area (Å²) in [7, 11) is 0. The van der Waals surface area contributed by atoms with Crippen LogP contribution >= 0.6 is 0 Å². The lowest BCUT2D eigenvalue weighted by Crippen LogP contribution is -2.15. The largest absolute Gasteiger partial charge is 0.294 e. The van der Waals surface area contributed by atoms with Gasteiger partial charge in [-0.05, 0) is 24.3 Å². The van der Waals surface area contributed by atoms with Crippen LogP contribution in [0.4, 0.5) is 0 Å². The van der Waals surface area contributed by atoms with E-state index in [-0.39, 0.29) is 0 Å². The molecule has 1 aliphatic carbocycles. The van der Waals surface area contributed by atoms with Crippen LogP contribution in [-0.4, -0.2) is 5.78 Å². The van der Waals surface area contributed by atoms with Gasteiger partial charge in [0, 0.05) is 12.0 Å². The highest BCUT2D eigenvalue weighted by molar-refractivity contribution is 5.98. The maximum Gasteiger partial charge on any atom is 0.163 e. The molecular weight excluding hydrogens is 172 g/mol. The van der Waals surface area contributed by atoms with Gasteiger partial charge in [0.05, 0.1) is 0 Å². The van der Waals surface area contributed by atoms with Crippen molar-refractivity contribution in [2.45, 2.75) is 38.5 Å². The molecule has 1 aromatic rings. The predicted octanol–water partition coefficient (Wildman–Crippen LogP) is 3.55. The second-order valence-corrected chi connectivity index (χ2v) is 4.03. The van der Waals surface area contributed by atoms with Crippen LogP contribution in [0.25, 0.3) is 0 Å². The van der Waals surface area contributed by atoms with Crippen molar-refractivity contribution >= 4 is 5.78 Å². The summed E-state index contributed by atoms with van der Waals surface area (Å²) < 4.78 is 0. The molecule has 0 amide bonds. The fourth-order valence-electron chi connectivity index (χ4n) is 2.35. The van der Waals surface area contributed by atoms with E-state index in [1.54, 1.807) is 0 Å². The minimum Gasteiger partial charge on any atom is -0.294 e. The zero-order chi connectivity index (χ0) is 9.97. The molecule has 1 aliphatic rings. The molecule has 0 heterocycles. The van der Waals surface area contributed by atoms with Crippen molar-refractivity contribution in [3.8, 4) is 0 Å². The predicted molar refractivity (Wildman–Crippen MR) is 57.7 cm³/mol. The van der Waals surface area contributed by atoms with Crippen molar-refractivity contribution in [1.29, 1.82) is 0 Å². The van der Waals surface area contributed by atoms with Gasteiger partial charge >= 0.3 is 0 Å². The summed E-state index contributed by atoms with van der Waals surface area (Å²) in [4.78, 5) is 11.6. The van der Waals surface area contributed by atoms with Gasteiger partial charge in [0.1, 0.15) is 0 Å². The Morgan fingerprint density at radius 1 is 1.36 bits per heavy atom. The number of carbonyl (C=O) groups excluding carboxylic acids is 1. The third-order valence-electron chi connectivity index (χ3n) is 3.06. The molecule has 1 nitrogen and oxygen atoms in total. The van der Waals surface area contributed by atoms with Crippen molar-refractivity contribution in [3.05, 3.63) is 35.4 Å². The summed E-state index contributed by atoms with van der Waals surface area (Å²) in [5.41, 5.74) is 2.25. The lowest BCUT2D eigenvalue weighted by molar-refractivity contribution is 0.0966. The fraction of sp³-hybridized carbons (Fsp3) is 0.462. The molecule has 1 aromatic carbocycles. The fourth-order valence-corrected chi connectivity index (χ4v) is 2.35. The highest BCUT2D eigenvalue weighted by atomic mass is 16.1. The highest BCUT2D eigenvalue weighted by Gasteiger charge is 2.23. The standard InChI is InChI=1S/C13H16O/c1-2-5-10-8-9-13(14)12-7-4-3-6-11(10)12/h3-4,6-7,10H,2,5,8-9H2,1H3. The smallest absolute Gasteiger partial charge is 0.163 e. The topological polar surface area (TPSA) is 17.1 Å². The SMILES string of the molecule is CCCC1CCC(=O)c2ccccc21. The van der Waals surface area contributed by atoms with Crippen LogP contribution in [-0.2, 0) is 0 Å². The maximum atomic E-state index is 11.6. The minimum atomic E-state index is 0.327. The maximum absolute atomic E-state index is 11.6. The van der Waals surface area contributed by atoms with E-state index in [9.17, 15) is 4.79 Å². The molecule has 1 unspecified atom stereocenters. The first-order valence-corrected chi connectivity index (χ1v) is 5.45. The molecule has 0 aromatic heterocycles. The Kier molecular flexibility index (Phi) is 2.67. The van der Waals surface area contributed by atoms with E-state index in [2.05, 4.69) is 13.0 Å². The van der Waals surface area contributed by atoms with Gasteiger partial charge in [0.2, 0.25) is 0 Å². The average molecular weight is 188 g/mol. The van der Waals surface area contributed by atoms with Crippen LogP contribution in [0.1, 0.15) is 54.4 Å². The van der Waals surface area contributed by atoms with E-state index in [1.165, 1.54) is 18.4 Å². The molecule has 74 valence electrons. The summed E-state index contributed by atoms with van der Waals surface area (Å²) in [5.74, 6) is 0.946. The Hall–Kier alpha value is -1.11. The van der Waals surface area contributed by atoms with Gasteiger partial charge < -0.3 is 0 Å². The summed E-state index contributed by atoms with van der Waals surface area (Å²) in [6.45, 7) is 2.21. The first-order valence-electron chi connectivity index (χ1n) is 5.45. The van der Waals surface area contributed by atoms with Crippen LogP contribution in [0, 0.1) is 0 Å². The van der Waals surface area contributed by atoms with E-state index >= 15 is 0 Å². The zero-order valence-electron chi connectivity index (χ0n) is 8.62. The Labute approximate surface area is 85.1 Å². The number of rotatable bonds is 2. The Bertz CT molecular complexity index is 341. The van der Waals surface area contributed by atoms with E-state index in [0.29, 0.717) is 11.7 Å². The van der Waals surface area contributed by atoms with Gasteiger partial charge in [-0.2, -0.15) is 0 Å². The number of fused-ring (bicyclic) bond motifs is 1. The lowest BCUT2D eigenvalue weighted by atomic mass is 9.80. The average Bonchev–Trinajstić information content (AvgIpc) is 2.23. The summed E-state index contributed by atoms with van der Waals surface area (Å²) >= 11 is 0. The van der Waals surface area contributed by atoms with Gasteiger partial charge in [-0.1, -0.05) is 37.6 Å². The highest BCUT2D eigenvalue weighted by Crippen LogP contribution is 2.34. The number of hydrogen-bond acceptors (Lipinski definition) is 1. The van der Waals surface area contributed by atoms with Crippen molar-refractivity contribution < 1.29 is 4.79 Å². The number of carbonyl (C=O) groups is 1. The molecule has 0 spiro atoms. The molecule has 0 N–H and O–H groups in total. The summed E-state index contributed by atoms with van der Waals surface area (Å²) in [6, 6.07) is 8.09. The van der Waals surface area contributed by atoms with Crippen molar-refractivity contribution in [3.63, 3.8) is 0 Å². The van der Waals surface area contributed by atoms with Crippen molar-refractivity contribution in [2.24, 2.45) is 0 Å². The monoisotopic (exact) mass is 188 g/mol. The van der Waals surface area contributed by atoms with Gasteiger partial charge in [-0.3, -0.25) is 4.79 Å². The van der Waals surface area contributed by atoms with E-state index in [1.807, 2.05) is 18.2 Å². The normalized spacial score (nSPS) is 20.6. The molecule has 0 saturated heterocycles. The number of Topliss-reactive ketones (excluding diaryl/α,β-unsaturated/α-hetero) is 1. The minimum absolute atomic E-state index is 0.327. The van der Waals surface area contributed by atoms with Crippen LogP contribution < -0.4 is 0 Å². The lowest BCUT2D eigenvalue weighted by Gasteiger charge is -2.23. The number of hydrogen-bond donors (Lipinski definition) is 0. The molecule has 0 fully saturated rings. The number of benzene rings is 1. The molecule has 0 aliphatic heterocycles. The first kappa shape index (κ1) is 9.45. The van der Waals surface area contributed by atoms with Crippen LogP contribution in [0.15, 0.2) is 24.3 Å². The quantitative estimate of drug-likeness (QED) is 0.693. The molecule has 0 saturated carbocycles. The van der Waals surface area contributed by atoms with E-state index < -0.39 is 0 Å². The van der Waals surface area contributed by atoms with Crippen molar-refractivity contribution in [1.82, 2.24) is 0 Å². The van der Waals surface area contributed by atoms with Gasteiger partial charge in [-0.25, -0.2) is 0 Å². The molecule has 2 rings (SSSR count). The molecule has 1 atom stereocenters. The van der Waals surface area contributed by atoms with Gasteiger partial charge in [-0.15, -0.1) is 0 Å². The molecular formula is C13H16O. The first-order chi connectivity index (χ1) is 6.83. The van der Waals surface area contributed by atoms with Crippen LogP contribution in [0.3, 0.4) is 0 Å². The van der Waals surface area contributed by atoms with Crippen LogP contribution in [0.5, 0.6) is 0 Å². The Morgan fingerprint density at radius 2 is 2.14 bits per heavy atom. The third-order valence-corrected chi connectivity index (χ3v) is 3.06. The Morgan fingerprint density at radius 3 is 2.93 bits per heavy atom. The van der Waals surface area contributed by atoms with E-state index in [0.717, 1.165) is 18.4 Å².